The second kappa shape index (κ2) is 9.97. The van der Waals surface area contributed by atoms with Crippen LogP contribution in [-0.2, 0) is 16.6 Å². The van der Waals surface area contributed by atoms with Crippen molar-refractivity contribution in [3.63, 3.8) is 0 Å². The molecule has 2 aromatic heterocycles. The lowest BCUT2D eigenvalue weighted by molar-refractivity contribution is 0.0951. The molecule has 0 radical (unpaired) electrons. The van der Waals surface area contributed by atoms with Gasteiger partial charge < -0.3 is 15.1 Å². The average molecular weight is 467 g/mol. The van der Waals surface area contributed by atoms with E-state index in [0.717, 1.165) is 37.6 Å². The maximum absolute atomic E-state index is 12.5. The first kappa shape index (κ1) is 22.7. The molecule has 1 fully saturated rings. The molecule has 3 aromatic rings. The summed E-state index contributed by atoms with van der Waals surface area (Å²) in [6, 6.07) is 12.9. The van der Waals surface area contributed by atoms with E-state index in [4.69, 9.17) is 0 Å². The Kier molecular flexibility index (Phi) is 6.85. The number of amides is 1. The highest BCUT2D eigenvalue weighted by molar-refractivity contribution is 7.92. The SMILES string of the molecule is CN1CCN(c2ccc(CNC(=O)c3ccc(S(=O)(=O)Nc4ccncc4)cc3)cn2)CC1. The monoisotopic (exact) mass is 466 g/mol. The Balaban J connectivity index is 1.32. The minimum absolute atomic E-state index is 0.0690. The highest BCUT2D eigenvalue weighted by Crippen LogP contribution is 2.17. The summed E-state index contributed by atoms with van der Waals surface area (Å²) in [5.74, 6) is 0.652. The van der Waals surface area contributed by atoms with Crippen molar-refractivity contribution >= 4 is 27.4 Å². The highest BCUT2D eigenvalue weighted by atomic mass is 32.2. The molecule has 0 saturated carbocycles. The minimum atomic E-state index is -3.75. The van der Waals surface area contributed by atoms with E-state index in [0.29, 0.717) is 17.8 Å². The third-order valence-corrected chi connectivity index (χ3v) is 6.85. The summed E-state index contributed by atoms with van der Waals surface area (Å²) < 4.78 is 27.5. The maximum atomic E-state index is 12.5. The molecule has 1 aliphatic rings. The molecule has 3 heterocycles. The minimum Gasteiger partial charge on any atom is -0.354 e. The van der Waals surface area contributed by atoms with Crippen LogP contribution >= 0.6 is 0 Å². The Bertz CT molecular complexity index is 1180. The second-order valence-electron chi connectivity index (χ2n) is 7.86. The number of rotatable bonds is 7. The number of benzene rings is 1. The summed E-state index contributed by atoms with van der Waals surface area (Å²) in [5.41, 5.74) is 1.68. The molecule has 1 saturated heterocycles. The highest BCUT2D eigenvalue weighted by Gasteiger charge is 2.16. The number of nitrogens with zero attached hydrogens (tertiary/aromatic N) is 4. The molecule has 10 heteroatoms. The fraction of sp³-hybridized carbons (Fsp3) is 0.261. The lowest BCUT2D eigenvalue weighted by Gasteiger charge is -2.33. The van der Waals surface area contributed by atoms with Gasteiger partial charge in [-0.05, 0) is 55.1 Å². The van der Waals surface area contributed by atoms with Crippen molar-refractivity contribution in [2.24, 2.45) is 0 Å². The number of piperazine rings is 1. The van der Waals surface area contributed by atoms with E-state index in [2.05, 4.69) is 36.9 Å². The molecule has 0 spiro atoms. The lowest BCUT2D eigenvalue weighted by atomic mass is 10.2. The molecule has 1 aromatic carbocycles. The maximum Gasteiger partial charge on any atom is 0.261 e. The molecule has 0 bridgehead atoms. The molecule has 33 heavy (non-hydrogen) atoms. The van der Waals surface area contributed by atoms with E-state index in [9.17, 15) is 13.2 Å². The largest absolute Gasteiger partial charge is 0.354 e. The van der Waals surface area contributed by atoms with Crippen molar-refractivity contribution in [1.82, 2.24) is 20.2 Å². The van der Waals surface area contributed by atoms with Gasteiger partial charge in [0.1, 0.15) is 5.82 Å². The smallest absolute Gasteiger partial charge is 0.261 e. The van der Waals surface area contributed by atoms with Gasteiger partial charge in [-0.1, -0.05) is 6.07 Å². The van der Waals surface area contributed by atoms with Crippen LogP contribution in [0, 0.1) is 0 Å². The third kappa shape index (κ3) is 5.85. The van der Waals surface area contributed by atoms with E-state index >= 15 is 0 Å². The number of sulfonamides is 1. The Morgan fingerprint density at radius 3 is 2.30 bits per heavy atom. The molecule has 0 unspecified atom stereocenters. The van der Waals surface area contributed by atoms with Crippen molar-refractivity contribution in [3.8, 4) is 0 Å². The normalized spacial score (nSPS) is 14.6. The van der Waals surface area contributed by atoms with Crippen LogP contribution < -0.4 is 14.9 Å². The molecule has 1 aliphatic heterocycles. The lowest BCUT2D eigenvalue weighted by Crippen LogP contribution is -2.44. The number of aromatic nitrogens is 2. The van der Waals surface area contributed by atoms with Crippen LogP contribution in [0.15, 0.2) is 72.0 Å². The summed E-state index contributed by atoms with van der Waals surface area (Å²) in [6.07, 6.45) is 4.77. The molecular formula is C23H26N6O3S. The Morgan fingerprint density at radius 2 is 1.67 bits per heavy atom. The van der Waals surface area contributed by atoms with Crippen LogP contribution in [0.3, 0.4) is 0 Å². The van der Waals surface area contributed by atoms with Gasteiger partial charge in [0.05, 0.1) is 10.6 Å². The van der Waals surface area contributed by atoms with Crippen LogP contribution in [0.1, 0.15) is 15.9 Å². The molecule has 4 rings (SSSR count). The van der Waals surface area contributed by atoms with E-state index in [-0.39, 0.29) is 10.8 Å². The third-order valence-electron chi connectivity index (χ3n) is 5.45. The van der Waals surface area contributed by atoms with Gasteiger partial charge in [-0.25, -0.2) is 13.4 Å². The van der Waals surface area contributed by atoms with Crippen molar-refractivity contribution in [3.05, 3.63) is 78.2 Å². The Labute approximate surface area is 193 Å². The number of nitrogens with one attached hydrogen (secondary N) is 2. The number of carbonyl (C=O) groups excluding carboxylic acids is 1. The first-order chi connectivity index (χ1) is 15.9. The standard InChI is InChI=1S/C23H26N6O3S/c1-28-12-14-29(15-13-28)22-7-2-18(16-25-22)17-26-23(30)19-3-5-21(6-4-19)33(31,32)27-20-8-10-24-11-9-20/h2-11,16H,12-15,17H2,1H3,(H,24,27)(H,26,30). The Hall–Kier alpha value is -3.50. The van der Waals surface area contributed by atoms with Gasteiger partial charge in [-0.15, -0.1) is 0 Å². The number of likely N-dealkylation sites (N-methyl/N-ethyl adjacent to an activating group) is 1. The number of hydrogen-bond donors (Lipinski definition) is 2. The van der Waals surface area contributed by atoms with Gasteiger partial charge in [-0.2, -0.15) is 0 Å². The predicted octanol–water partition coefficient (Wildman–Crippen LogP) is 1.96. The van der Waals surface area contributed by atoms with E-state index < -0.39 is 10.0 Å². The fourth-order valence-electron chi connectivity index (χ4n) is 3.45. The van der Waals surface area contributed by atoms with Crippen LogP contribution in [0.2, 0.25) is 0 Å². The van der Waals surface area contributed by atoms with Gasteiger partial charge >= 0.3 is 0 Å². The summed E-state index contributed by atoms with van der Waals surface area (Å²) in [4.78, 5) is 25.5. The average Bonchev–Trinajstić information content (AvgIpc) is 2.84. The van der Waals surface area contributed by atoms with Gasteiger partial charge in [-0.3, -0.25) is 14.5 Å². The Morgan fingerprint density at radius 1 is 0.970 bits per heavy atom. The zero-order valence-electron chi connectivity index (χ0n) is 18.3. The number of hydrogen-bond acceptors (Lipinski definition) is 7. The number of carbonyl (C=O) groups is 1. The molecule has 1 amide bonds. The molecule has 9 nitrogen and oxygen atoms in total. The summed E-state index contributed by atoms with van der Waals surface area (Å²) in [7, 11) is -1.64. The summed E-state index contributed by atoms with van der Waals surface area (Å²) >= 11 is 0. The fourth-order valence-corrected chi connectivity index (χ4v) is 4.51. The zero-order valence-corrected chi connectivity index (χ0v) is 19.1. The van der Waals surface area contributed by atoms with Crippen molar-refractivity contribution in [2.45, 2.75) is 11.4 Å². The van der Waals surface area contributed by atoms with Gasteiger partial charge in [0, 0.05) is 56.9 Å². The number of pyridine rings is 2. The first-order valence-electron chi connectivity index (χ1n) is 10.6. The molecule has 0 atom stereocenters. The van der Waals surface area contributed by atoms with E-state index in [1.54, 1.807) is 18.3 Å². The first-order valence-corrected chi connectivity index (χ1v) is 12.1. The zero-order chi connectivity index (χ0) is 23.3. The van der Waals surface area contributed by atoms with E-state index in [1.807, 2.05) is 12.1 Å². The molecule has 0 aliphatic carbocycles. The summed E-state index contributed by atoms with van der Waals surface area (Å²) in [5, 5.41) is 2.85. The van der Waals surface area contributed by atoms with Gasteiger partial charge in [0.25, 0.3) is 15.9 Å². The van der Waals surface area contributed by atoms with Crippen LogP contribution in [0.5, 0.6) is 0 Å². The topological polar surface area (TPSA) is 108 Å². The van der Waals surface area contributed by atoms with Crippen molar-refractivity contribution in [1.29, 1.82) is 0 Å². The molecular weight excluding hydrogens is 440 g/mol. The van der Waals surface area contributed by atoms with Gasteiger partial charge in [0.2, 0.25) is 0 Å². The van der Waals surface area contributed by atoms with Gasteiger partial charge in [0.15, 0.2) is 0 Å². The van der Waals surface area contributed by atoms with Crippen LogP contribution in [-0.4, -0.2) is 62.4 Å². The second-order valence-corrected chi connectivity index (χ2v) is 9.55. The van der Waals surface area contributed by atoms with Crippen molar-refractivity contribution in [2.75, 3.05) is 42.8 Å². The predicted molar refractivity (Wildman–Crippen MR) is 127 cm³/mol. The van der Waals surface area contributed by atoms with Crippen molar-refractivity contribution < 1.29 is 13.2 Å². The van der Waals surface area contributed by atoms with E-state index in [1.165, 1.54) is 36.7 Å². The molecule has 2 N–H and O–H groups in total. The molecule has 172 valence electrons. The van der Waals surface area contributed by atoms with Crippen LogP contribution in [0.4, 0.5) is 11.5 Å². The number of anilines is 2. The quantitative estimate of drug-likeness (QED) is 0.548. The van der Waals surface area contributed by atoms with Crippen LogP contribution in [0.25, 0.3) is 0 Å². The summed E-state index contributed by atoms with van der Waals surface area (Å²) in [6.45, 7) is 4.25.